The second-order valence-corrected chi connectivity index (χ2v) is 5.45. The van der Waals surface area contributed by atoms with Gasteiger partial charge >= 0.3 is 0 Å². The molecule has 5 nitrogen and oxygen atoms in total. The van der Waals surface area contributed by atoms with Crippen LogP contribution in [0.3, 0.4) is 0 Å². The van der Waals surface area contributed by atoms with Gasteiger partial charge in [-0.05, 0) is 29.7 Å². The van der Waals surface area contributed by atoms with Gasteiger partial charge in [-0.15, -0.1) is 0 Å². The fraction of sp³-hybridized carbons (Fsp3) is 0.278. The molecule has 0 heterocycles. The van der Waals surface area contributed by atoms with Crippen LogP contribution in [0.4, 0.5) is 5.69 Å². The molecule has 2 aromatic rings. The van der Waals surface area contributed by atoms with Gasteiger partial charge in [0, 0.05) is 12.1 Å². The molecule has 0 saturated carbocycles. The molecule has 0 spiro atoms. The summed E-state index contributed by atoms with van der Waals surface area (Å²) >= 11 is 0. The summed E-state index contributed by atoms with van der Waals surface area (Å²) in [5.74, 6) is -0.206. The van der Waals surface area contributed by atoms with Gasteiger partial charge in [0.25, 0.3) is 0 Å². The van der Waals surface area contributed by atoms with Gasteiger partial charge in [0.1, 0.15) is 6.10 Å². The Balaban J connectivity index is 1.90. The molecule has 5 N–H and O–H groups in total. The van der Waals surface area contributed by atoms with E-state index in [0.29, 0.717) is 24.1 Å². The quantitative estimate of drug-likeness (QED) is 0.581. The minimum Gasteiger partial charge on any atom is -0.399 e. The minimum absolute atomic E-state index is 0.206. The van der Waals surface area contributed by atoms with E-state index in [-0.39, 0.29) is 12.5 Å². The third-order valence-corrected chi connectivity index (χ3v) is 3.69. The first-order valence-electron chi connectivity index (χ1n) is 7.58. The summed E-state index contributed by atoms with van der Waals surface area (Å²) in [5.41, 5.74) is 7.87. The molecule has 2 rings (SSSR count). The van der Waals surface area contributed by atoms with E-state index in [1.807, 2.05) is 30.3 Å². The fourth-order valence-corrected chi connectivity index (χ4v) is 2.33. The predicted octanol–water partition coefficient (Wildman–Crippen LogP) is 1.41. The third-order valence-electron chi connectivity index (χ3n) is 3.69. The smallest absolute Gasteiger partial charge is 0.220 e. The lowest BCUT2D eigenvalue weighted by Gasteiger charge is -2.22. The van der Waals surface area contributed by atoms with Gasteiger partial charge in [-0.2, -0.15) is 0 Å². The highest BCUT2D eigenvalue weighted by Crippen LogP contribution is 2.18. The van der Waals surface area contributed by atoms with Crippen molar-refractivity contribution in [1.82, 2.24) is 5.32 Å². The highest BCUT2D eigenvalue weighted by atomic mass is 16.3. The van der Waals surface area contributed by atoms with E-state index in [0.717, 1.165) is 5.56 Å². The minimum atomic E-state index is -0.985. The molecule has 0 saturated heterocycles. The number of hydrogen-bond donors (Lipinski definition) is 4. The zero-order chi connectivity index (χ0) is 16.7. The molecule has 2 unspecified atom stereocenters. The van der Waals surface area contributed by atoms with Gasteiger partial charge in [0.15, 0.2) is 0 Å². The van der Waals surface area contributed by atoms with Crippen molar-refractivity contribution in [3.63, 3.8) is 0 Å². The summed E-state index contributed by atoms with van der Waals surface area (Å²) in [4.78, 5) is 12.0. The van der Waals surface area contributed by atoms with Crippen molar-refractivity contribution >= 4 is 11.6 Å². The lowest BCUT2D eigenvalue weighted by atomic mass is 10.0. The van der Waals surface area contributed by atoms with Crippen molar-refractivity contribution in [3.8, 4) is 0 Å². The number of benzene rings is 2. The van der Waals surface area contributed by atoms with Crippen LogP contribution in [0, 0.1) is 0 Å². The zero-order valence-electron chi connectivity index (χ0n) is 12.9. The number of nitrogen functional groups attached to an aromatic ring is 1. The molecule has 1 amide bonds. The molecular formula is C18H22N2O3. The lowest BCUT2D eigenvalue weighted by molar-refractivity contribution is -0.123. The summed E-state index contributed by atoms with van der Waals surface area (Å²) in [7, 11) is 0. The van der Waals surface area contributed by atoms with E-state index >= 15 is 0 Å². The Hall–Kier alpha value is -2.37. The second kappa shape index (κ2) is 8.31. The molecule has 2 atom stereocenters. The Bertz CT molecular complexity index is 614. The molecule has 0 fully saturated rings. The van der Waals surface area contributed by atoms with Gasteiger partial charge < -0.3 is 21.3 Å². The Kier molecular flexibility index (Phi) is 6.14. The van der Waals surface area contributed by atoms with Crippen LogP contribution in [0.25, 0.3) is 0 Å². The van der Waals surface area contributed by atoms with Crippen molar-refractivity contribution < 1.29 is 15.0 Å². The van der Waals surface area contributed by atoms with E-state index < -0.39 is 12.1 Å². The van der Waals surface area contributed by atoms with Crippen molar-refractivity contribution in [2.24, 2.45) is 0 Å². The first-order valence-corrected chi connectivity index (χ1v) is 7.58. The van der Waals surface area contributed by atoms with E-state index in [1.165, 1.54) is 0 Å². The molecule has 0 aromatic heterocycles. The fourth-order valence-electron chi connectivity index (χ4n) is 2.33. The van der Waals surface area contributed by atoms with Gasteiger partial charge in [0.2, 0.25) is 5.91 Å². The van der Waals surface area contributed by atoms with E-state index in [9.17, 15) is 15.0 Å². The van der Waals surface area contributed by atoms with E-state index in [4.69, 9.17) is 5.73 Å². The van der Waals surface area contributed by atoms with Crippen LogP contribution < -0.4 is 11.1 Å². The van der Waals surface area contributed by atoms with Crippen LogP contribution in [0.1, 0.15) is 23.7 Å². The summed E-state index contributed by atoms with van der Waals surface area (Å²) in [6.45, 7) is -0.345. The number of carbonyl (C=O) groups is 1. The maximum Gasteiger partial charge on any atom is 0.220 e. The molecule has 0 aliphatic heterocycles. The number of aryl methyl sites for hydroxylation is 1. The number of aliphatic hydroxyl groups excluding tert-OH is 2. The number of rotatable bonds is 7. The molecule has 122 valence electrons. The second-order valence-electron chi connectivity index (χ2n) is 5.45. The standard InChI is InChI=1S/C18H22N2O3/c19-15-9-7-14(8-10-15)18(23)16(12-21)20-17(22)11-6-13-4-2-1-3-5-13/h1-5,7-10,16,18,21,23H,6,11-12,19H2,(H,20,22). The summed E-state index contributed by atoms with van der Waals surface area (Å²) in [6.07, 6.45) is -0.0705. The first kappa shape index (κ1) is 17.0. The molecular weight excluding hydrogens is 292 g/mol. The van der Waals surface area contributed by atoms with Crippen molar-refractivity contribution in [2.45, 2.75) is 25.0 Å². The van der Waals surface area contributed by atoms with Gasteiger partial charge in [-0.3, -0.25) is 4.79 Å². The number of aliphatic hydroxyl groups is 2. The molecule has 0 radical (unpaired) electrons. The van der Waals surface area contributed by atoms with Crippen molar-refractivity contribution in [3.05, 3.63) is 65.7 Å². The molecule has 2 aromatic carbocycles. The van der Waals surface area contributed by atoms with Crippen LogP contribution in [-0.2, 0) is 11.2 Å². The largest absolute Gasteiger partial charge is 0.399 e. The molecule has 0 aliphatic rings. The average molecular weight is 314 g/mol. The summed E-state index contributed by atoms with van der Waals surface area (Å²) < 4.78 is 0. The van der Waals surface area contributed by atoms with Crippen LogP contribution in [0.5, 0.6) is 0 Å². The Morgan fingerprint density at radius 2 is 1.74 bits per heavy atom. The predicted molar refractivity (Wildman–Crippen MR) is 89.6 cm³/mol. The molecule has 23 heavy (non-hydrogen) atoms. The van der Waals surface area contributed by atoms with Crippen LogP contribution in [0.2, 0.25) is 0 Å². The number of anilines is 1. The number of hydrogen-bond acceptors (Lipinski definition) is 4. The number of amides is 1. The van der Waals surface area contributed by atoms with Gasteiger partial charge in [0.05, 0.1) is 12.6 Å². The normalized spacial score (nSPS) is 13.3. The van der Waals surface area contributed by atoms with Crippen LogP contribution in [-0.4, -0.2) is 28.8 Å². The SMILES string of the molecule is Nc1ccc(C(O)C(CO)NC(=O)CCc2ccccc2)cc1. The molecule has 5 heteroatoms. The Labute approximate surface area is 135 Å². The number of nitrogens with one attached hydrogen (secondary N) is 1. The number of nitrogens with two attached hydrogens (primary N) is 1. The monoisotopic (exact) mass is 314 g/mol. The van der Waals surface area contributed by atoms with Gasteiger partial charge in [-0.1, -0.05) is 42.5 Å². The van der Waals surface area contributed by atoms with E-state index in [2.05, 4.69) is 5.32 Å². The van der Waals surface area contributed by atoms with Crippen LogP contribution in [0.15, 0.2) is 54.6 Å². The molecule has 0 aliphatic carbocycles. The summed E-state index contributed by atoms with van der Waals surface area (Å²) in [5, 5.41) is 22.4. The Morgan fingerprint density at radius 3 is 2.35 bits per heavy atom. The molecule has 0 bridgehead atoms. The number of carbonyl (C=O) groups excluding carboxylic acids is 1. The average Bonchev–Trinajstić information content (AvgIpc) is 2.59. The maximum absolute atomic E-state index is 12.0. The zero-order valence-corrected chi connectivity index (χ0v) is 12.9. The van der Waals surface area contributed by atoms with E-state index in [1.54, 1.807) is 24.3 Å². The maximum atomic E-state index is 12.0. The Morgan fingerprint density at radius 1 is 1.09 bits per heavy atom. The van der Waals surface area contributed by atoms with Crippen molar-refractivity contribution in [2.75, 3.05) is 12.3 Å². The van der Waals surface area contributed by atoms with Gasteiger partial charge in [-0.25, -0.2) is 0 Å². The first-order chi connectivity index (χ1) is 11.1. The summed E-state index contributed by atoms with van der Waals surface area (Å²) in [6, 6.07) is 15.6. The highest BCUT2D eigenvalue weighted by molar-refractivity contribution is 5.76. The lowest BCUT2D eigenvalue weighted by Crippen LogP contribution is -2.42. The van der Waals surface area contributed by atoms with Crippen molar-refractivity contribution in [1.29, 1.82) is 0 Å². The third kappa shape index (κ3) is 5.09. The van der Waals surface area contributed by atoms with Crippen LogP contribution >= 0.6 is 0 Å². The highest BCUT2D eigenvalue weighted by Gasteiger charge is 2.22. The topological polar surface area (TPSA) is 95.6 Å².